The number of esters is 1. The minimum Gasteiger partial charge on any atom is -0.468 e. The summed E-state index contributed by atoms with van der Waals surface area (Å²) >= 11 is 0. The Kier molecular flexibility index (Phi) is 4.22. The van der Waals surface area contributed by atoms with Gasteiger partial charge in [0.1, 0.15) is 6.04 Å². The molecule has 1 aromatic carbocycles. The van der Waals surface area contributed by atoms with Crippen LogP contribution in [0.15, 0.2) is 30.3 Å². The molecule has 3 atom stereocenters. The van der Waals surface area contributed by atoms with Crippen LogP contribution < -0.4 is 5.32 Å². The maximum atomic E-state index is 11.9. The molecule has 4 nitrogen and oxygen atoms in total. The second kappa shape index (κ2) is 5.72. The normalized spacial score (nSPS) is 28.1. The number of benzene rings is 1. The molecule has 19 heavy (non-hydrogen) atoms. The van der Waals surface area contributed by atoms with Crippen molar-refractivity contribution in [3.05, 3.63) is 35.9 Å². The van der Waals surface area contributed by atoms with Crippen molar-refractivity contribution in [2.45, 2.75) is 43.9 Å². The molecule has 2 rings (SSSR count). The topological polar surface area (TPSA) is 58.6 Å². The number of rotatable bonds is 4. The van der Waals surface area contributed by atoms with E-state index in [4.69, 9.17) is 4.74 Å². The van der Waals surface area contributed by atoms with Crippen molar-refractivity contribution in [3.8, 4) is 0 Å². The van der Waals surface area contributed by atoms with Crippen LogP contribution in [0.4, 0.5) is 0 Å². The van der Waals surface area contributed by atoms with E-state index < -0.39 is 11.6 Å². The summed E-state index contributed by atoms with van der Waals surface area (Å²) in [7, 11) is 1.38. The van der Waals surface area contributed by atoms with Gasteiger partial charge in [-0.05, 0) is 31.7 Å². The zero-order valence-corrected chi connectivity index (χ0v) is 11.4. The number of hydrogen-bond acceptors (Lipinski definition) is 4. The van der Waals surface area contributed by atoms with Gasteiger partial charge in [0.05, 0.1) is 12.7 Å². The van der Waals surface area contributed by atoms with Gasteiger partial charge in [-0.3, -0.25) is 5.32 Å². The average molecular weight is 263 g/mol. The summed E-state index contributed by atoms with van der Waals surface area (Å²) < 4.78 is 4.86. The molecular weight excluding hydrogens is 242 g/mol. The van der Waals surface area contributed by atoms with Crippen molar-refractivity contribution in [1.82, 2.24) is 5.32 Å². The van der Waals surface area contributed by atoms with E-state index in [0.29, 0.717) is 0 Å². The van der Waals surface area contributed by atoms with Crippen molar-refractivity contribution in [2.75, 3.05) is 7.11 Å². The van der Waals surface area contributed by atoms with Gasteiger partial charge in [-0.15, -0.1) is 0 Å². The lowest BCUT2D eigenvalue weighted by molar-refractivity contribution is -0.144. The highest BCUT2D eigenvalue weighted by atomic mass is 16.5. The SMILES string of the molecule is COC(=O)C(NC1CCCC1(C)O)c1ccccc1. The predicted octanol–water partition coefficient (Wildman–Crippen LogP) is 1.79. The lowest BCUT2D eigenvalue weighted by atomic mass is 9.98. The lowest BCUT2D eigenvalue weighted by Gasteiger charge is -2.30. The van der Waals surface area contributed by atoms with E-state index in [1.165, 1.54) is 7.11 Å². The third kappa shape index (κ3) is 3.14. The first-order valence-electron chi connectivity index (χ1n) is 6.66. The summed E-state index contributed by atoms with van der Waals surface area (Å²) in [5.41, 5.74) is 0.0955. The minimum atomic E-state index is -0.763. The van der Waals surface area contributed by atoms with Gasteiger partial charge >= 0.3 is 5.97 Å². The highest BCUT2D eigenvalue weighted by Crippen LogP contribution is 2.31. The van der Waals surface area contributed by atoms with Crippen LogP contribution in [0.2, 0.25) is 0 Å². The highest BCUT2D eigenvalue weighted by Gasteiger charge is 2.39. The van der Waals surface area contributed by atoms with Crippen molar-refractivity contribution in [1.29, 1.82) is 0 Å². The molecule has 0 heterocycles. The molecule has 1 aliphatic rings. The molecule has 0 bridgehead atoms. The van der Waals surface area contributed by atoms with E-state index >= 15 is 0 Å². The Labute approximate surface area is 113 Å². The van der Waals surface area contributed by atoms with Crippen LogP contribution in [-0.2, 0) is 9.53 Å². The van der Waals surface area contributed by atoms with Crippen LogP contribution in [0.5, 0.6) is 0 Å². The number of hydrogen-bond donors (Lipinski definition) is 2. The second-order valence-electron chi connectivity index (χ2n) is 5.34. The molecule has 2 N–H and O–H groups in total. The van der Waals surface area contributed by atoms with Gasteiger partial charge in [0.25, 0.3) is 0 Å². The van der Waals surface area contributed by atoms with E-state index in [0.717, 1.165) is 24.8 Å². The molecule has 104 valence electrons. The summed E-state index contributed by atoms with van der Waals surface area (Å²) in [5, 5.41) is 13.5. The van der Waals surface area contributed by atoms with Crippen LogP contribution in [0.25, 0.3) is 0 Å². The van der Waals surface area contributed by atoms with Crippen LogP contribution in [-0.4, -0.2) is 29.8 Å². The van der Waals surface area contributed by atoms with Crippen molar-refractivity contribution in [3.63, 3.8) is 0 Å². The maximum absolute atomic E-state index is 11.9. The fraction of sp³-hybridized carbons (Fsp3) is 0.533. The summed E-state index contributed by atoms with van der Waals surface area (Å²) in [6.07, 6.45) is 2.59. The first-order valence-corrected chi connectivity index (χ1v) is 6.66. The summed E-state index contributed by atoms with van der Waals surface area (Å²) in [6.45, 7) is 1.82. The van der Waals surface area contributed by atoms with Crippen molar-refractivity contribution < 1.29 is 14.6 Å². The largest absolute Gasteiger partial charge is 0.468 e. The lowest BCUT2D eigenvalue weighted by Crippen LogP contribution is -2.48. The Hall–Kier alpha value is -1.39. The Morgan fingerprint density at radius 1 is 1.47 bits per heavy atom. The molecule has 0 saturated heterocycles. The van der Waals surface area contributed by atoms with E-state index in [1.54, 1.807) is 0 Å². The number of aliphatic hydroxyl groups is 1. The quantitative estimate of drug-likeness (QED) is 0.813. The van der Waals surface area contributed by atoms with Crippen molar-refractivity contribution in [2.24, 2.45) is 0 Å². The summed E-state index contributed by atoms with van der Waals surface area (Å²) in [5.74, 6) is -0.325. The third-order valence-corrected chi connectivity index (χ3v) is 3.86. The van der Waals surface area contributed by atoms with Gasteiger partial charge in [0, 0.05) is 6.04 Å². The van der Waals surface area contributed by atoms with Gasteiger partial charge in [0.2, 0.25) is 0 Å². The third-order valence-electron chi connectivity index (χ3n) is 3.86. The average Bonchev–Trinajstić information content (AvgIpc) is 2.75. The fourth-order valence-corrected chi connectivity index (χ4v) is 2.68. The van der Waals surface area contributed by atoms with Gasteiger partial charge in [0.15, 0.2) is 0 Å². The molecule has 0 radical (unpaired) electrons. The van der Waals surface area contributed by atoms with Crippen LogP contribution in [0.1, 0.15) is 37.8 Å². The van der Waals surface area contributed by atoms with E-state index in [1.807, 2.05) is 37.3 Å². The Morgan fingerprint density at radius 2 is 2.16 bits per heavy atom. The van der Waals surface area contributed by atoms with Gasteiger partial charge in [-0.2, -0.15) is 0 Å². The Balaban J connectivity index is 2.18. The van der Waals surface area contributed by atoms with Crippen LogP contribution in [0, 0.1) is 0 Å². The number of methoxy groups -OCH3 is 1. The van der Waals surface area contributed by atoms with Crippen LogP contribution in [0.3, 0.4) is 0 Å². The van der Waals surface area contributed by atoms with Gasteiger partial charge < -0.3 is 9.84 Å². The number of nitrogens with one attached hydrogen (secondary N) is 1. The molecule has 0 amide bonds. The zero-order valence-electron chi connectivity index (χ0n) is 11.4. The number of carbonyl (C=O) groups is 1. The predicted molar refractivity (Wildman–Crippen MR) is 72.6 cm³/mol. The van der Waals surface area contributed by atoms with E-state index in [-0.39, 0.29) is 12.0 Å². The van der Waals surface area contributed by atoms with E-state index in [2.05, 4.69) is 5.32 Å². The summed E-state index contributed by atoms with van der Waals surface area (Å²) in [6, 6.07) is 8.84. The highest BCUT2D eigenvalue weighted by molar-refractivity contribution is 5.77. The zero-order chi connectivity index (χ0) is 13.9. The molecule has 0 spiro atoms. The van der Waals surface area contributed by atoms with Crippen molar-refractivity contribution >= 4 is 5.97 Å². The number of ether oxygens (including phenoxy) is 1. The molecular formula is C15H21NO3. The molecule has 3 unspecified atom stereocenters. The summed E-state index contributed by atoms with van der Waals surface area (Å²) in [4.78, 5) is 11.9. The fourth-order valence-electron chi connectivity index (χ4n) is 2.68. The second-order valence-corrected chi connectivity index (χ2v) is 5.34. The Bertz CT molecular complexity index is 430. The molecule has 1 aliphatic carbocycles. The monoisotopic (exact) mass is 263 g/mol. The molecule has 4 heteroatoms. The molecule has 1 saturated carbocycles. The van der Waals surface area contributed by atoms with Crippen LogP contribution >= 0.6 is 0 Å². The number of carbonyl (C=O) groups excluding carboxylic acids is 1. The van der Waals surface area contributed by atoms with Gasteiger partial charge in [-0.25, -0.2) is 4.79 Å². The Morgan fingerprint density at radius 3 is 2.68 bits per heavy atom. The first kappa shape index (κ1) is 14.0. The first-order chi connectivity index (χ1) is 9.04. The van der Waals surface area contributed by atoms with E-state index in [9.17, 15) is 9.90 Å². The molecule has 1 aromatic rings. The molecule has 1 fully saturated rings. The maximum Gasteiger partial charge on any atom is 0.327 e. The van der Waals surface area contributed by atoms with Gasteiger partial charge in [-0.1, -0.05) is 30.3 Å². The molecule has 0 aromatic heterocycles. The molecule has 0 aliphatic heterocycles. The smallest absolute Gasteiger partial charge is 0.327 e. The minimum absolute atomic E-state index is 0.0863. The standard InChI is InChI=1S/C15H21NO3/c1-15(18)10-6-9-12(15)16-13(14(17)19-2)11-7-4-3-5-8-11/h3-5,7-8,12-13,16,18H,6,9-10H2,1-2H3.